The van der Waals surface area contributed by atoms with Gasteiger partial charge in [-0.25, -0.2) is 4.79 Å². The maximum absolute atomic E-state index is 13.0. The number of carbonyl (C=O) groups is 1. The lowest BCUT2D eigenvalue weighted by atomic mass is 9.96. The number of carboxylic acids is 1. The number of rotatable bonds is 4. The molecule has 1 N–H and O–H groups in total. The Morgan fingerprint density at radius 2 is 2.13 bits per heavy atom. The SMILES string of the molecule is CCOCc1cc2c(c(C)c1Cl)C=C(C(=O)O)C(C(F)(F)F)O2. The standard InChI is InChI=1S/C15H14ClF3O4/c1-3-22-6-8-4-11-9(7(2)12(8)16)5-10(14(20)21)13(23-11)15(17,18)19/h4-5,13H,3,6H2,1-2H3,(H,20,21). The summed E-state index contributed by atoms with van der Waals surface area (Å²) in [5.41, 5.74) is 0.283. The molecule has 1 aromatic rings. The molecule has 1 aromatic carbocycles. The largest absolute Gasteiger partial charge is 0.478 e. The Hall–Kier alpha value is -1.73. The molecule has 0 saturated heterocycles. The molecule has 0 radical (unpaired) electrons. The topological polar surface area (TPSA) is 55.8 Å². The minimum absolute atomic E-state index is 0.0612. The van der Waals surface area contributed by atoms with Crippen LogP contribution in [-0.4, -0.2) is 30.0 Å². The molecule has 0 saturated carbocycles. The van der Waals surface area contributed by atoms with Gasteiger partial charge in [0.15, 0.2) is 0 Å². The van der Waals surface area contributed by atoms with Crippen molar-refractivity contribution in [2.24, 2.45) is 0 Å². The first-order valence-electron chi connectivity index (χ1n) is 6.74. The van der Waals surface area contributed by atoms with Crippen LogP contribution in [0.1, 0.15) is 23.6 Å². The van der Waals surface area contributed by atoms with Crippen molar-refractivity contribution in [2.45, 2.75) is 32.7 Å². The summed E-state index contributed by atoms with van der Waals surface area (Å²) in [6.07, 6.45) is -6.39. The van der Waals surface area contributed by atoms with E-state index in [4.69, 9.17) is 26.2 Å². The number of hydrogen-bond acceptors (Lipinski definition) is 3. The van der Waals surface area contributed by atoms with Crippen molar-refractivity contribution in [3.8, 4) is 5.75 Å². The molecule has 0 bridgehead atoms. The lowest BCUT2D eigenvalue weighted by Crippen LogP contribution is -2.40. The summed E-state index contributed by atoms with van der Waals surface area (Å²) in [5, 5.41) is 9.34. The van der Waals surface area contributed by atoms with Gasteiger partial charge in [0.05, 0.1) is 12.2 Å². The van der Waals surface area contributed by atoms with E-state index in [0.29, 0.717) is 22.8 Å². The van der Waals surface area contributed by atoms with Crippen LogP contribution >= 0.6 is 11.6 Å². The van der Waals surface area contributed by atoms with E-state index in [1.807, 2.05) is 0 Å². The monoisotopic (exact) mass is 350 g/mol. The molecular formula is C15H14ClF3O4. The number of fused-ring (bicyclic) bond motifs is 1. The summed E-state index contributed by atoms with van der Waals surface area (Å²) in [6.45, 7) is 3.90. The third-order valence-electron chi connectivity index (χ3n) is 3.42. The van der Waals surface area contributed by atoms with E-state index in [0.717, 1.165) is 6.08 Å². The van der Waals surface area contributed by atoms with Crippen LogP contribution in [0.4, 0.5) is 13.2 Å². The highest BCUT2D eigenvalue weighted by molar-refractivity contribution is 6.32. The molecule has 4 nitrogen and oxygen atoms in total. The zero-order chi connectivity index (χ0) is 17.4. The predicted molar refractivity (Wildman–Crippen MR) is 77.6 cm³/mol. The fourth-order valence-corrected chi connectivity index (χ4v) is 2.49. The molecule has 126 valence electrons. The van der Waals surface area contributed by atoms with Crippen LogP contribution in [0.15, 0.2) is 11.6 Å². The maximum Gasteiger partial charge on any atom is 0.430 e. The second-order valence-corrected chi connectivity index (χ2v) is 5.35. The molecule has 1 heterocycles. The van der Waals surface area contributed by atoms with E-state index in [-0.39, 0.29) is 17.9 Å². The smallest absolute Gasteiger partial charge is 0.430 e. The van der Waals surface area contributed by atoms with Gasteiger partial charge in [-0.1, -0.05) is 11.6 Å². The molecule has 1 aliphatic rings. The van der Waals surface area contributed by atoms with Crippen molar-refractivity contribution in [3.63, 3.8) is 0 Å². The number of benzene rings is 1. The third kappa shape index (κ3) is 3.45. The van der Waals surface area contributed by atoms with Gasteiger partial charge in [0.2, 0.25) is 6.10 Å². The van der Waals surface area contributed by atoms with Crippen molar-refractivity contribution in [2.75, 3.05) is 6.61 Å². The zero-order valence-corrected chi connectivity index (χ0v) is 13.1. The van der Waals surface area contributed by atoms with E-state index in [2.05, 4.69) is 0 Å². The van der Waals surface area contributed by atoms with Gasteiger partial charge in [0.25, 0.3) is 0 Å². The van der Waals surface area contributed by atoms with Crippen molar-refractivity contribution >= 4 is 23.6 Å². The summed E-state index contributed by atoms with van der Waals surface area (Å²) in [6, 6.07) is 1.36. The summed E-state index contributed by atoms with van der Waals surface area (Å²) in [4.78, 5) is 11.1. The summed E-state index contributed by atoms with van der Waals surface area (Å²) in [7, 11) is 0. The lowest BCUT2D eigenvalue weighted by Gasteiger charge is -2.28. The van der Waals surface area contributed by atoms with Gasteiger partial charge < -0.3 is 14.6 Å². The Bertz CT molecular complexity index is 668. The predicted octanol–water partition coefficient (Wildman–Crippen LogP) is 3.98. The molecule has 0 aromatic heterocycles. The highest BCUT2D eigenvalue weighted by atomic mass is 35.5. The normalized spacial score (nSPS) is 17.3. The van der Waals surface area contributed by atoms with Gasteiger partial charge in [-0.2, -0.15) is 13.2 Å². The van der Waals surface area contributed by atoms with Crippen LogP contribution in [0.3, 0.4) is 0 Å². The van der Waals surface area contributed by atoms with Gasteiger partial charge in [-0.05, 0) is 31.6 Å². The van der Waals surface area contributed by atoms with Gasteiger partial charge in [-0.15, -0.1) is 0 Å². The highest BCUT2D eigenvalue weighted by Crippen LogP contribution is 2.41. The number of ether oxygens (including phenoxy) is 2. The second kappa shape index (κ2) is 6.41. The van der Waals surface area contributed by atoms with Crippen LogP contribution in [-0.2, 0) is 16.1 Å². The summed E-state index contributed by atoms with van der Waals surface area (Å²) < 4.78 is 49.3. The van der Waals surface area contributed by atoms with E-state index in [1.54, 1.807) is 13.8 Å². The molecule has 1 unspecified atom stereocenters. The third-order valence-corrected chi connectivity index (χ3v) is 3.95. The number of carboxylic acid groups (broad SMARTS) is 1. The Labute approximate surface area is 135 Å². The number of halogens is 4. The lowest BCUT2D eigenvalue weighted by molar-refractivity contribution is -0.187. The van der Waals surface area contributed by atoms with Gasteiger partial charge in [0.1, 0.15) is 5.75 Å². The first-order chi connectivity index (χ1) is 10.7. The molecule has 2 rings (SSSR count). The second-order valence-electron chi connectivity index (χ2n) is 4.97. The molecule has 0 aliphatic carbocycles. The zero-order valence-electron chi connectivity index (χ0n) is 12.3. The van der Waals surface area contributed by atoms with Crippen LogP contribution in [0.5, 0.6) is 5.75 Å². The molecule has 1 atom stereocenters. The molecule has 8 heteroatoms. The van der Waals surface area contributed by atoms with Crippen molar-refractivity contribution in [3.05, 3.63) is 33.4 Å². The van der Waals surface area contributed by atoms with Crippen molar-refractivity contribution < 1.29 is 32.5 Å². The van der Waals surface area contributed by atoms with E-state index in [1.165, 1.54) is 6.07 Å². The molecular weight excluding hydrogens is 337 g/mol. The molecule has 23 heavy (non-hydrogen) atoms. The van der Waals surface area contributed by atoms with E-state index in [9.17, 15) is 18.0 Å². The minimum Gasteiger partial charge on any atom is -0.478 e. The number of hydrogen-bond donors (Lipinski definition) is 1. The molecule has 0 amide bonds. The highest BCUT2D eigenvalue weighted by Gasteiger charge is 2.48. The Morgan fingerprint density at radius 1 is 1.48 bits per heavy atom. The minimum atomic E-state index is -4.84. The quantitative estimate of drug-likeness (QED) is 0.892. The van der Waals surface area contributed by atoms with Crippen LogP contribution in [0.25, 0.3) is 6.08 Å². The summed E-state index contributed by atoms with van der Waals surface area (Å²) in [5.74, 6) is -1.75. The van der Waals surface area contributed by atoms with Crippen LogP contribution in [0, 0.1) is 6.92 Å². The first kappa shape index (κ1) is 17.6. The summed E-state index contributed by atoms with van der Waals surface area (Å²) >= 11 is 6.19. The number of alkyl halides is 3. The van der Waals surface area contributed by atoms with Crippen LogP contribution < -0.4 is 4.74 Å². The van der Waals surface area contributed by atoms with E-state index >= 15 is 0 Å². The number of aliphatic carboxylic acids is 1. The van der Waals surface area contributed by atoms with Gasteiger partial charge >= 0.3 is 12.1 Å². The molecule has 0 fully saturated rings. The van der Waals surface area contributed by atoms with Crippen LogP contribution in [0.2, 0.25) is 5.02 Å². The van der Waals surface area contributed by atoms with Gasteiger partial charge in [0, 0.05) is 22.8 Å². The van der Waals surface area contributed by atoms with E-state index < -0.39 is 23.8 Å². The Morgan fingerprint density at radius 3 is 2.65 bits per heavy atom. The first-order valence-corrected chi connectivity index (χ1v) is 7.12. The molecule has 0 spiro atoms. The average molecular weight is 351 g/mol. The Balaban J connectivity index is 2.57. The average Bonchev–Trinajstić information content (AvgIpc) is 2.47. The van der Waals surface area contributed by atoms with Crippen molar-refractivity contribution in [1.82, 2.24) is 0 Å². The Kier molecular flexibility index (Phi) is 4.91. The fraction of sp³-hybridized carbons (Fsp3) is 0.400. The molecule has 1 aliphatic heterocycles. The fourth-order valence-electron chi connectivity index (χ4n) is 2.28. The maximum atomic E-state index is 13.0. The van der Waals surface area contributed by atoms with Crippen molar-refractivity contribution in [1.29, 1.82) is 0 Å². The van der Waals surface area contributed by atoms with Gasteiger partial charge in [-0.3, -0.25) is 0 Å².